The molecule has 0 aromatic carbocycles. The van der Waals surface area contributed by atoms with Gasteiger partial charge in [0.2, 0.25) is 0 Å². The summed E-state index contributed by atoms with van der Waals surface area (Å²) in [7, 11) is 0. The van der Waals surface area contributed by atoms with Crippen molar-refractivity contribution in [3.63, 3.8) is 0 Å². The molecular weight excluding hydrogens is 295 g/mol. The highest BCUT2D eigenvalue weighted by molar-refractivity contribution is 9.10. The molecule has 1 saturated heterocycles. The van der Waals surface area contributed by atoms with E-state index in [9.17, 15) is 9.90 Å². The lowest BCUT2D eigenvalue weighted by Crippen LogP contribution is -2.61. The molecule has 0 spiro atoms. The predicted molar refractivity (Wildman–Crippen MR) is 63.5 cm³/mol. The van der Waals surface area contributed by atoms with Crippen LogP contribution in [-0.2, 0) is 0 Å². The molecule has 0 unspecified atom stereocenters. The molecule has 0 aliphatic carbocycles. The van der Waals surface area contributed by atoms with Gasteiger partial charge in [-0.25, -0.2) is 4.98 Å². The molecule has 1 aromatic heterocycles. The SMILES string of the molecule is CC1(O)CN(C(=O)c2cc(Br)cnc2Cl)C1. The van der Waals surface area contributed by atoms with Crippen LogP contribution in [0.2, 0.25) is 5.15 Å². The minimum atomic E-state index is -0.776. The quantitative estimate of drug-likeness (QED) is 0.804. The average molecular weight is 306 g/mol. The summed E-state index contributed by atoms with van der Waals surface area (Å²) in [6, 6.07) is 1.63. The monoisotopic (exact) mass is 304 g/mol. The zero-order valence-corrected chi connectivity index (χ0v) is 10.9. The van der Waals surface area contributed by atoms with Crippen molar-refractivity contribution in [1.29, 1.82) is 0 Å². The summed E-state index contributed by atoms with van der Waals surface area (Å²) in [6.07, 6.45) is 1.53. The first kappa shape index (κ1) is 11.8. The minimum Gasteiger partial charge on any atom is -0.386 e. The Bertz CT molecular complexity index is 442. The van der Waals surface area contributed by atoms with Gasteiger partial charge in [-0.3, -0.25) is 4.79 Å². The van der Waals surface area contributed by atoms with Crippen molar-refractivity contribution in [1.82, 2.24) is 9.88 Å². The Labute approximate surface area is 106 Å². The Balaban J connectivity index is 2.19. The smallest absolute Gasteiger partial charge is 0.257 e. The molecule has 2 rings (SSSR count). The molecule has 0 radical (unpaired) electrons. The Morgan fingerprint density at radius 2 is 2.31 bits per heavy atom. The molecule has 16 heavy (non-hydrogen) atoms. The third kappa shape index (κ3) is 2.21. The molecule has 1 fully saturated rings. The van der Waals surface area contributed by atoms with Crippen molar-refractivity contribution >= 4 is 33.4 Å². The Hall–Kier alpha value is -0.650. The second-order valence-electron chi connectivity index (χ2n) is 4.15. The average Bonchev–Trinajstić information content (AvgIpc) is 2.17. The number of halogens is 2. The number of carbonyl (C=O) groups excluding carboxylic acids is 1. The fourth-order valence-electron chi connectivity index (χ4n) is 1.66. The van der Waals surface area contributed by atoms with Gasteiger partial charge in [-0.2, -0.15) is 0 Å². The van der Waals surface area contributed by atoms with Crippen molar-refractivity contribution in [2.45, 2.75) is 12.5 Å². The van der Waals surface area contributed by atoms with Crippen LogP contribution in [0.5, 0.6) is 0 Å². The normalized spacial score (nSPS) is 18.1. The van der Waals surface area contributed by atoms with Gasteiger partial charge >= 0.3 is 0 Å². The number of nitrogens with zero attached hydrogens (tertiary/aromatic N) is 2. The summed E-state index contributed by atoms with van der Waals surface area (Å²) in [6.45, 7) is 2.35. The second-order valence-corrected chi connectivity index (χ2v) is 5.42. The zero-order chi connectivity index (χ0) is 11.9. The van der Waals surface area contributed by atoms with E-state index in [1.807, 2.05) is 0 Å². The van der Waals surface area contributed by atoms with Gasteiger partial charge < -0.3 is 10.0 Å². The van der Waals surface area contributed by atoms with Crippen LogP contribution >= 0.6 is 27.5 Å². The highest BCUT2D eigenvalue weighted by Crippen LogP contribution is 2.25. The van der Waals surface area contributed by atoms with Crippen LogP contribution in [-0.4, -0.2) is 39.6 Å². The van der Waals surface area contributed by atoms with Gasteiger partial charge in [0.25, 0.3) is 5.91 Å². The van der Waals surface area contributed by atoms with Crippen LogP contribution < -0.4 is 0 Å². The van der Waals surface area contributed by atoms with Crippen LogP contribution in [0.15, 0.2) is 16.7 Å². The zero-order valence-electron chi connectivity index (χ0n) is 8.57. The number of hydrogen-bond donors (Lipinski definition) is 1. The summed E-state index contributed by atoms with van der Waals surface area (Å²) in [5, 5.41) is 9.73. The molecule has 0 atom stereocenters. The highest BCUT2D eigenvalue weighted by Gasteiger charge is 2.40. The number of pyridine rings is 1. The van der Waals surface area contributed by atoms with Crippen LogP contribution in [0.1, 0.15) is 17.3 Å². The standard InChI is InChI=1S/C10H10BrClN2O2/c1-10(16)4-14(5-10)9(15)7-2-6(11)3-13-8(7)12/h2-3,16H,4-5H2,1H3. The Morgan fingerprint density at radius 1 is 1.69 bits per heavy atom. The molecule has 1 amide bonds. The summed E-state index contributed by atoms with van der Waals surface area (Å²) in [5.74, 6) is -0.203. The number of carbonyl (C=O) groups is 1. The number of aliphatic hydroxyl groups is 1. The highest BCUT2D eigenvalue weighted by atomic mass is 79.9. The first-order chi connectivity index (χ1) is 7.39. The van der Waals surface area contributed by atoms with Gasteiger partial charge in [0.05, 0.1) is 24.3 Å². The maximum atomic E-state index is 12.0. The van der Waals surface area contributed by atoms with Gasteiger partial charge in [0.15, 0.2) is 0 Å². The number of hydrogen-bond acceptors (Lipinski definition) is 3. The summed E-state index contributed by atoms with van der Waals surface area (Å²) in [5.41, 5.74) is -0.423. The number of likely N-dealkylation sites (tertiary alicyclic amines) is 1. The van der Waals surface area contributed by atoms with Gasteiger partial charge in [0, 0.05) is 10.7 Å². The van der Waals surface area contributed by atoms with Gasteiger partial charge in [-0.15, -0.1) is 0 Å². The first-order valence-corrected chi connectivity index (χ1v) is 5.89. The third-order valence-corrected chi connectivity index (χ3v) is 3.12. The van der Waals surface area contributed by atoms with E-state index in [-0.39, 0.29) is 11.1 Å². The molecule has 1 aromatic rings. The van der Waals surface area contributed by atoms with Crippen LogP contribution in [0, 0.1) is 0 Å². The number of rotatable bonds is 1. The van der Waals surface area contributed by atoms with E-state index in [0.29, 0.717) is 23.1 Å². The number of β-amino-alcohol motifs (C(OH)–C–C–N with tert-alkyl or cyclic N) is 1. The fourth-order valence-corrected chi connectivity index (χ4v) is 2.18. The molecule has 86 valence electrons. The number of amides is 1. The largest absolute Gasteiger partial charge is 0.386 e. The lowest BCUT2D eigenvalue weighted by molar-refractivity contribution is -0.0668. The van der Waals surface area contributed by atoms with Crippen molar-refractivity contribution in [3.05, 3.63) is 27.5 Å². The summed E-state index contributed by atoms with van der Waals surface area (Å²) in [4.78, 5) is 17.4. The van der Waals surface area contributed by atoms with Crippen LogP contribution in [0.3, 0.4) is 0 Å². The Morgan fingerprint density at radius 3 is 2.88 bits per heavy atom. The molecule has 1 aliphatic rings. The van der Waals surface area contributed by atoms with E-state index >= 15 is 0 Å². The van der Waals surface area contributed by atoms with E-state index in [2.05, 4.69) is 20.9 Å². The lowest BCUT2D eigenvalue weighted by Gasteiger charge is -2.44. The van der Waals surface area contributed by atoms with Gasteiger partial charge in [-0.05, 0) is 28.9 Å². The molecule has 6 heteroatoms. The van der Waals surface area contributed by atoms with Crippen LogP contribution in [0.25, 0.3) is 0 Å². The number of aromatic nitrogens is 1. The maximum Gasteiger partial charge on any atom is 0.257 e. The fraction of sp³-hybridized carbons (Fsp3) is 0.400. The molecule has 2 heterocycles. The maximum absolute atomic E-state index is 12.0. The second kappa shape index (κ2) is 3.98. The van der Waals surface area contributed by atoms with Crippen molar-refractivity contribution < 1.29 is 9.90 Å². The van der Waals surface area contributed by atoms with E-state index in [1.165, 1.54) is 11.1 Å². The summed E-state index contributed by atoms with van der Waals surface area (Å²) < 4.78 is 0.701. The van der Waals surface area contributed by atoms with Crippen molar-refractivity contribution in [2.24, 2.45) is 0 Å². The minimum absolute atomic E-state index is 0.180. The lowest BCUT2D eigenvalue weighted by atomic mass is 9.96. The third-order valence-electron chi connectivity index (χ3n) is 2.39. The topological polar surface area (TPSA) is 53.4 Å². The van der Waals surface area contributed by atoms with E-state index < -0.39 is 5.60 Å². The molecule has 4 nitrogen and oxygen atoms in total. The first-order valence-electron chi connectivity index (χ1n) is 4.72. The van der Waals surface area contributed by atoms with E-state index in [1.54, 1.807) is 13.0 Å². The predicted octanol–water partition coefficient (Wildman–Crippen LogP) is 1.70. The van der Waals surface area contributed by atoms with Gasteiger partial charge in [0.1, 0.15) is 5.15 Å². The molecule has 1 aliphatic heterocycles. The molecule has 0 saturated carbocycles. The van der Waals surface area contributed by atoms with Gasteiger partial charge in [-0.1, -0.05) is 11.6 Å². The van der Waals surface area contributed by atoms with E-state index in [4.69, 9.17) is 11.6 Å². The van der Waals surface area contributed by atoms with E-state index in [0.717, 1.165) is 0 Å². The molecule has 0 bridgehead atoms. The molecule has 1 N–H and O–H groups in total. The van der Waals surface area contributed by atoms with Crippen molar-refractivity contribution in [2.75, 3.05) is 13.1 Å². The van der Waals surface area contributed by atoms with Crippen LogP contribution in [0.4, 0.5) is 0 Å². The van der Waals surface area contributed by atoms with Crippen molar-refractivity contribution in [3.8, 4) is 0 Å². The Kier molecular flexibility index (Phi) is 2.94. The summed E-state index contributed by atoms with van der Waals surface area (Å²) >= 11 is 9.08. The molecular formula is C10H10BrClN2O2.